The van der Waals surface area contributed by atoms with Crippen LogP contribution in [0.3, 0.4) is 0 Å². The van der Waals surface area contributed by atoms with Crippen LogP contribution in [0.15, 0.2) is 36.4 Å². The average Bonchev–Trinajstić information content (AvgIpc) is 2.40. The second-order valence-electron chi connectivity index (χ2n) is 4.45. The van der Waals surface area contributed by atoms with Crippen LogP contribution in [-0.2, 0) is 0 Å². The van der Waals surface area contributed by atoms with Gasteiger partial charge in [-0.3, -0.25) is 10.1 Å². The molecule has 0 heterocycles. The number of non-ortho nitro benzene ring substituents is 1. The number of nitro groups is 1. The van der Waals surface area contributed by atoms with Crippen LogP contribution in [0.4, 0.5) is 11.4 Å². The SMILES string of the molecule is CC(Nc1ccc([N+](=O)[O-])cc1I)c1ccc(Cl)cc1Cl. The number of halogens is 3. The van der Waals surface area contributed by atoms with E-state index >= 15 is 0 Å². The summed E-state index contributed by atoms with van der Waals surface area (Å²) in [5.41, 5.74) is 1.80. The van der Waals surface area contributed by atoms with Gasteiger partial charge in [0.25, 0.3) is 5.69 Å². The highest BCUT2D eigenvalue weighted by Crippen LogP contribution is 2.31. The number of nitrogens with zero attached hydrogens (tertiary/aromatic N) is 1. The Kier molecular flexibility index (Phi) is 5.29. The van der Waals surface area contributed by atoms with Crippen LogP contribution in [0.5, 0.6) is 0 Å². The van der Waals surface area contributed by atoms with Gasteiger partial charge in [-0.1, -0.05) is 29.3 Å². The number of anilines is 1. The Morgan fingerprint density at radius 3 is 2.52 bits per heavy atom. The summed E-state index contributed by atoms with van der Waals surface area (Å²) in [6.07, 6.45) is 0. The Balaban J connectivity index is 2.23. The predicted octanol–water partition coefficient (Wildman–Crippen LogP) is 5.68. The third-order valence-corrected chi connectivity index (χ3v) is 4.42. The first-order valence-electron chi connectivity index (χ1n) is 6.04. The molecule has 0 aliphatic heterocycles. The van der Waals surface area contributed by atoms with E-state index in [2.05, 4.69) is 27.9 Å². The monoisotopic (exact) mass is 436 g/mol. The first-order valence-corrected chi connectivity index (χ1v) is 7.87. The molecule has 0 amide bonds. The zero-order chi connectivity index (χ0) is 15.6. The smallest absolute Gasteiger partial charge is 0.270 e. The fourth-order valence-electron chi connectivity index (χ4n) is 1.90. The Hall–Kier alpha value is -1.05. The van der Waals surface area contributed by atoms with Crippen LogP contribution >= 0.6 is 45.8 Å². The molecule has 0 fully saturated rings. The van der Waals surface area contributed by atoms with E-state index in [9.17, 15) is 10.1 Å². The molecule has 1 unspecified atom stereocenters. The Morgan fingerprint density at radius 2 is 1.95 bits per heavy atom. The number of hydrogen-bond donors (Lipinski definition) is 1. The summed E-state index contributed by atoms with van der Waals surface area (Å²) in [5.74, 6) is 0. The van der Waals surface area contributed by atoms with Crippen molar-refractivity contribution in [2.24, 2.45) is 0 Å². The average molecular weight is 437 g/mol. The van der Waals surface area contributed by atoms with Gasteiger partial charge in [-0.05, 0) is 53.3 Å². The van der Waals surface area contributed by atoms with Gasteiger partial charge in [-0.15, -0.1) is 0 Å². The molecule has 7 heteroatoms. The molecule has 0 aliphatic carbocycles. The summed E-state index contributed by atoms with van der Waals surface area (Å²) in [4.78, 5) is 10.3. The minimum Gasteiger partial charge on any atom is -0.378 e. The Labute approximate surface area is 145 Å². The van der Waals surface area contributed by atoms with E-state index in [0.717, 1.165) is 14.8 Å². The summed E-state index contributed by atoms with van der Waals surface area (Å²) >= 11 is 14.1. The quantitative estimate of drug-likeness (QED) is 0.381. The van der Waals surface area contributed by atoms with Crippen molar-refractivity contribution in [1.82, 2.24) is 0 Å². The van der Waals surface area contributed by atoms with Gasteiger partial charge in [0.05, 0.1) is 11.0 Å². The maximum absolute atomic E-state index is 10.7. The highest BCUT2D eigenvalue weighted by molar-refractivity contribution is 14.1. The molecule has 2 rings (SSSR count). The minimum absolute atomic E-state index is 0.0512. The van der Waals surface area contributed by atoms with E-state index in [1.165, 1.54) is 12.1 Å². The van der Waals surface area contributed by atoms with Crippen LogP contribution in [-0.4, -0.2) is 4.92 Å². The lowest BCUT2D eigenvalue weighted by Gasteiger charge is -2.18. The van der Waals surface area contributed by atoms with E-state index in [1.807, 2.05) is 13.0 Å². The predicted molar refractivity (Wildman–Crippen MR) is 94.3 cm³/mol. The van der Waals surface area contributed by atoms with Gasteiger partial charge in [0.1, 0.15) is 0 Å². The first kappa shape index (κ1) is 16.3. The van der Waals surface area contributed by atoms with Gasteiger partial charge in [0.15, 0.2) is 0 Å². The van der Waals surface area contributed by atoms with E-state index < -0.39 is 4.92 Å². The molecule has 2 aromatic rings. The molecule has 1 atom stereocenters. The lowest BCUT2D eigenvalue weighted by atomic mass is 10.1. The summed E-state index contributed by atoms with van der Waals surface area (Å²) in [6, 6.07) is 9.98. The van der Waals surface area contributed by atoms with Crippen molar-refractivity contribution in [3.63, 3.8) is 0 Å². The van der Waals surface area contributed by atoms with Crippen molar-refractivity contribution in [3.8, 4) is 0 Å². The van der Waals surface area contributed by atoms with Crippen LogP contribution in [0.2, 0.25) is 10.0 Å². The van der Waals surface area contributed by atoms with E-state index in [-0.39, 0.29) is 11.7 Å². The van der Waals surface area contributed by atoms with Crippen molar-refractivity contribution in [2.75, 3.05) is 5.32 Å². The third kappa shape index (κ3) is 3.99. The van der Waals surface area contributed by atoms with E-state index in [0.29, 0.717) is 10.0 Å². The van der Waals surface area contributed by atoms with Crippen molar-refractivity contribution < 1.29 is 4.92 Å². The maximum atomic E-state index is 10.7. The maximum Gasteiger partial charge on any atom is 0.270 e. The van der Waals surface area contributed by atoms with Gasteiger partial charge in [-0.25, -0.2) is 0 Å². The lowest BCUT2D eigenvalue weighted by molar-refractivity contribution is -0.384. The fraction of sp³-hybridized carbons (Fsp3) is 0.143. The number of rotatable bonds is 4. The molecule has 110 valence electrons. The second kappa shape index (κ2) is 6.81. The van der Waals surface area contributed by atoms with Crippen molar-refractivity contribution in [2.45, 2.75) is 13.0 Å². The number of nitrogens with one attached hydrogen (secondary N) is 1. The van der Waals surface area contributed by atoms with Crippen molar-refractivity contribution in [3.05, 3.63) is 65.7 Å². The molecular formula is C14H11Cl2IN2O2. The number of benzene rings is 2. The minimum atomic E-state index is -0.411. The molecule has 0 aliphatic rings. The van der Waals surface area contributed by atoms with Gasteiger partial charge < -0.3 is 5.32 Å². The van der Waals surface area contributed by atoms with E-state index in [1.54, 1.807) is 18.2 Å². The standard InChI is InChI=1S/C14H11Cl2IN2O2/c1-8(11-4-2-9(15)6-12(11)16)18-14-5-3-10(19(20)21)7-13(14)17/h2-8,18H,1H3. The van der Waals surface area contributed by atoms with Crippen molar-refractivity contribution in [1.29, 1.82) is 0 Å². The topological polar surface area (TPSA) is 55.2 Å². The second-order valence-corrected chi connectivity index (χ2v) is 6.46. The Bertz CT molecular complexity index is 695. The fourth-order valence-corrected chi connectivity index (χ4v) is 3.13. The van der Waals surface area contributed by atoms with Crippen LogP contribution < -0.4 is 5.32 Å². The molecule has 0 saturated heterocycles. The highest BCUT2D eigenvalue weighted by atomic mass is 127. The summed E-state index contributed by atoms with van der Waals surface area (Å²) in [7, 11) is 0. The third-order valence-electron chi connectivity index (χ3n) is 2.96. The van der Waals surface area contributed by atoms with Crippen LogP contribution in [0.1, 0.15) is 18.5 Å². The summed E-state index contributed by atoms with van der Waals surface area (Å²) in [6.45, 7) is 1.96. The molecule has 0 radical (unpaired) electrons. The molecule has 21 heavy (non-hydrogen) atoms. The first-order chi connectivity index (χ1) is 9.88. The van der Waals surface area contributed by atoms with Gasteiger partial charge in [0, 0.05) is 31.4 Å². The van der Waals surface area contributed by atoms with Gasteiger partial charge in [-0.2, -0.15) is 0 Å². The molecule has 0 aromatic heterocycles. The van der Waals surface area contributed by atoms with E-state index in [4.69, 9.17) is 23.2 Å². The molecule has 2 aromatic carbocycles. The van der Waals surface area contributed by atoms with Gasteiger partial charge in [0.2, 0.25) is 0 Å². The summed E-state index contributed by atoms with van der Waals surface area (Å²) in [5, 5.41) is 15.2. The normalized spacial score (nSPS) is 12.0. The highest BCUT2D eigenvalue weighted by Gasteiger charge is 2.13. The zero-order valence-corrected chi connectivity index (χ0v) is 14.6. The molecule has 0 saturated carbocycles. The zero-order valence-electron chi connectivity index (χ0n) is 10.9. The lowest BCUT2D eigenvalue weighted by Crippen LogP contribution is -2.08. The molecule has 0 spiro atoms. The molecular weight excluding hydrogens is 426 g/mol. The summed E-state index contributed by atoms with van der Waals surface area (Å²) < 4.78 is 0.777. The largest absolute Gasteiger partial charge is 0.378 e. The van der Waals surface area contributed by atoms with Crippen molar-refractivity contribution >= 4 is 57.2 Å². The molecule has 0 bridgehead atoms. The van der Waals surface area contributed by atoms with Crippen LogP contribution in [0, 0.1) is 13.7 Å². The Morgan fingerprint density at radius 1 is 1.24 bits per heavy atom. The molecule has 4 nitrogen and oxygen atoms in total. The number of nitro benzene ring substituents is 1. The molecule has 1 N–H and O–H groups in total. The van der Waals surface area contributed by atoms with Gasteiger partial charge >= 0.3 is 0 Å². The number of hydrogen-bond acceptors (Lipinski definition) is 3. The van der Waals surface area contributed by atoms with Crippen LogP contribution in [0.25, 0.3) is 0 Å².